The molecule has 3 rings (SSSR count). The minimum atomic E-state index is -4.24. The Balaban J connectivity index is 1.64. The average molecular weight is 588 g/mol. The van der Waals surface area contributed by atoms with Crippen LogP contribution >= 0.6 is 0 Å². The first-order chi connectivity index (χ1) is 19.5. The van der Waals surface area contributed by atoms with Gasteiger partial charge in [0, 0.05) is 43.2 Å². The van der Waals surface area contributed by atoms with Crippen molar-refractivity contribution in [3.8, 4) is 11.5 Å². The van der Waals surface area contributed by atoms with Crippen molar-refractivity contribution in [3.63, 3.8) is 0 Å². The first-order valence-corrected chi connectivity index (χ1v) is 15.6. The maximum absolute atomic E-state index is 12.3. The Morgan fingerprint density at radius 3 is 2.61 bits per heavy atom. The Morgan fingerprint density at radius 1 is 1.15 bits per heavy atom. The quantitative estimate of drug-likeness (QED) is 0.111. The number of unbranched alkanes of at least 4 members (excludes halogenated alkanes) is 1. The summed E-state index contributed by atoms with van der Waals surface area (Å²) in [7, 11) is -0.545. The SMILES string of the molecule is CCN(CCCS(=O)(=O)[O-])c1ccc2nc3ccc(=[N+](C)CCC(=O)NCCCCC(NC)C(C)=O)cc-3oc2c1. The lowest BCUT2D eigenvalue weighted by Gasteiger charge is -2.23. The van der Waals surface area contributed by atoms with Crippen LogP contribution in [0.1, 0.15) is 46.0 Å². The highest BCUT2D eigenvalue weighted by atomic mass is 32.2. The minimum absolute atomic E-state index is 0.0208. The number of nitrogens with zero attached hydrogens (tertiary/aromatic N) is 3. The van der Waals surface area contributed by atoms with Gasteiger partial charge in [-0.1, -0.05) is 0 Å². The van der Waals surface area contributed by atoms with E-state index in [0.29, 0.717) is 55.2 Å². The molecule has 0 aromatic heterocycles. The van der Waals surface area contributed by atoms with Crippen LogP contribution in [0.25, 0.3) is 22.6 Å². The molecule has 1 heterocycles. The number of anilines is 1. The zero-order valence-electron chi connectivity index (χ0n) is 24.3. The van der Waals surface area contributed by atoms with Gasteiger partial charge in [0.1, 0.15) is 24.0 Å². The molecule has 41 heavy (non-hydrogen) atoms. The van der Waals surface area contributed by atoms with Crippen molar-refractivity contribution in [1.29, 1.82) is 0 Å². The molecular weight excluding hydrogens is 546 g/mol. The third-order valence-electron chi connectivity index (χ3n) is 7.11. The molecule has 1 aliphatic heterocycles. The number of benzene rings is 2. The van der Waals surface area contributed by atoms with Crippen LogP contribution in [0.4, 0.5) is 5.69 Å². The predicted molar refractivity (Wildman–Crippen MR) is 159 cm³/mol. The Labute approximate surface area is 241 Å². The Hall–Kier alpha value is -3.35. The van der Waals surface area contributed by atoms with Gasteiger partial charge in [0.05, 0.1) is 28.6 Å². The number of ketones is 1. The van der Waals surface area contributed by atoms with E-state index in [-0.39, 0.29) is 24.2 Å². The standard InChI is InChI=1S/C29H41N5O6S/c1-5-34(16-8-18-41(37,38)39)23-11-13-26-28(20-23)40-27-19-22(10-12-25(27)32-26)33(4)17-14-29(36)31-15-7-6-9-24(30-3)21(2)35/h10-13,19-20,24,30H,5-9,14-18H2,1-4H3,(H-,31,36,37,38,39). The summed E-state index contributed by atoms with van der Waals surface area (Å²) in [5, 5.41) is 6.85. The van der Waals surface area contributed by atoms with Gasteiger partial charge in [0.15, 0.2) is 17.9 Å². The van der Waals surface area contributed by atoms with Gasteiger partial charge < -0.3 is 24.5 Å². The summed E-state index contributed by atoms with van der Waals surface area (Å²) >= 11 is 0. The number of rotatable bonds is 16. The second-order valence-corrected chi connectivity index (χ2v) is 11.7. The summed E-state index contributed by atoms with van der Waals surface area (Å²) in [6, 6.07) is 11.2. The molecule has 12 heteroatoms. The molecule has 0 fully saturated rings. The van der Waals surface area contributed by atoms with E-state index < -0.39 is 15.9 Å². The van der Waals surface area contributed by atoms with Gasteiger partial charge in [0.25, 0.3) is 0 Å². The summed E-state index contributed by atoms with van der Waals surface area (Å²) in [4.78, 5) is 30.5. The van der Waals surface area contributed by atoms with Crippen LogP contribution in [-0.4, -0.2) is 81.7 Å². The molecule has 1 aliphatic carbocycles. The van der Waals surface area contributed by atoms with Crippen molar-refractivity contribution in [1.82, 2.24) is 20.2 Å². The monoisotopic (exact) mass is 587 g/mol. The van der Waals surface area contributed by atoms with E-state index in [1.165, 1.54) is 0 Å². The van der Waals surface area contributed by atoms with Gasteiger partial charge in [-0.2, -0.15) is 0 Å². The van der Waals surface area contributed by atoms with Crippen LogP contribution < -0.4 is 25.5 Å². The number of hydrogen-bond acceptors (Lipinski definition) is 9. The van der Waals surface area contributed by atoms with Crippen LogP contribution in [0.3, 0.4) is 0 Å². The van der Waals surface area contributed by atoms with E-state index in [9.17, 15) is 22.6 Å². The second-order valence-electron chi connectivity index (χ2n) is 10.2. The first-order valence-electron chi connectivity index (χ1n) is 14.0. The summed E-state index contributed by atoms with van der Waals surface area (Å²) in [5.41, 5.74) is 2.85. The molecule has 0 spiro atoms. The highest BCUT2D eigenvalue weighted by molar-refractivity contribution is 7.85. The minimum Gasteiger partial charge on any atom is -0.748 e. The molecule has 1 amide bonds. The van der Waals surface area contributed by atoms with Gasteiger partial charge >= 0.3 is 0 Å². The van der Waals surface area contributed by atoms with Gasteiger partial charge in [-0.25, -0.2) is 18.0 Å². The number of nitrogens with one attached hydrogen (secondary N) is 2. The van der Waals surface area contributed by atoms with Gasteiger partial charge in [-0.15, -0.1) is 0 Å². The number of fused-ring (bicyclic) bond motifs is 2. The highest BCUT2D eigenvalue weighted by Crippen LogP contribution is 2.27. The fourth-order valence-corrected chi connectivity index (χ4v) is 5.16. The maximum Gasteiger partial charge on any atom is 0.226 e. The molecule has 1 aromatic carbocycles. The molecule has 0 saturated carbocycles. The highest BCUT2D eigenvalue weighted by Gasteiger charge is 2.15. The number of amides is 1. The van der Waals surface area contributed by atoms with E-state index in [1.807, 2.05) is 59.8 Å². The van der Waals surface area contributed by atoms with Crippen LogP contribution in [0.5, 0.6) is 0 Å². The lowest BCUT2D eigenvalue weighted by atomic mass is 10.1. The van der Waals surface area contributed by atoms with E-state index in [2.05, 4.69) is 10.6 Å². The normalized spacial score (nSPS) is 13.3. The summed E-state index contributed by atoms with van der Waals surface area (Å²) < 4.78 is 41.1. The molecule has 0 bridgehead atoms. The van der Waals surface area contributed by atoms with Crippen molar-refractivity contribution in [2.75, 3.05) is 50.9 Å². The summed E-state index contributed by atoms with van der Waals surface area (Å²) in [5.74, 6) is 0.315. The van der Waals surface area contributed by atoms with Crippen LogP contribution in [0.2, 0.25) is 0 Å². The van der Waals surface area contributed by atoms with Gasteiger partial charge in [0.2, 0.25) is 11.3 Å². The largest absolute Gasteiger partial charge is 0.748 e. The van der Waals surface area contributed by atoms with Crippen LogP contribution in [0.15, 0.2) is 40.8 Å². The second kappa shape index (κ2) is 15.0. The average Bonchev–Trinajstić information content (AvgIpc) is 2.93. The molecule has 0 saturated heterocycles. The zero-order chi connectivity index (χ0) is 30.0. The van der Waals surface area contributed by atoms with Crippen molar-refractivity contribution < 1.29 is 27.0 Å². The van der Waals surface area contributed by atoms with Gasteiger partial charge in [-0.05, 0) is 64.8 Å². The molecule has 1 atom stereocenters. The molecular formula is C29H41N5O6S. The lowest BCUT2D eigenvalue weighted by Crippen LogP contribution is -2.33. The molecule has 11 nitrogen and oxygen atoms in total. The van der Waals surface area contributed by atoms with E-state index in [1.54, 1.807) is 14.0 Å². The lowest BCUT2D eigenvalue weighted by molar-refractivity contribution is -0.121. The van der Waals surface area contributed by atoms with Crippen molar-refractivity contribution in [3.05, 3.63) is 41.8 Å². The molecule has 1 unspecified atom stereocenters. The Morgan fingerprint density at radius 2 is 1.93 bits per heavy atom. The fraction of sp³-hybridized carbons (Fsp3) is 0.517. The molecule has 2 N–H and O–H groups in total. The van der Waals surface area contributed by atoms with E-state index >= 15 is 0 Å². The fourth-order valence-electron chi connectivity index (χ4n) is 4.68. The van der Waals surface area contributed by atoms with E-state index in [4.69, 9.17) is 9.40 Å². The predicted octanol–water partition coefficient (Wildman–Crippen LogP) is 1.95. The van der Waals surface area contributed by atoms with Crippen molar-refractivity contribution >= 4 is 38.6 Å². The molecule has 1 aromatic rings. The number of carbonyl (C=O) groups is 2. The molecule has 0 radical (unpaired) electrons. The number of aromatic nitrogens is 1. The van der Waals surface area contributed by atoms with Crippen LogP contribution in [0, 0.1) is 0 Å². The topological polar surface area (TPSA) is 148 Å². The van der Waals surface area contributed by atoms with Crippen LogP contribution in [-0.2, 0) is 19.7 Å². The Kier molecular flexibility index (Phi) is 11.8. The number of carbonyl (C=O) groups excluding carboxylic acids is 2. The zero-order valence-corrected chi connectivity index (χ0v) is 25.1. The van der Waals surface area contributed by atoms with Crippen molar-refractivity contribution in [2.45, 2.75) is 52.0 Å². The van der Waals surface area contributed by atoms with Gasteiger partial charge in [-0.3, -0.25) is 9.59 Å². The maximum atomic E-state index is 12.3. The molecule has 224 valence electrons. The Bertz CT molecular complexity index is 1490. The smallest absolute Gasteiger partial charge is 0.226 e. The third kappa shape index (κ3) is 9.91. The third-order valence-corrected chi connectivity index (χ3v) is 7.90. The molecule has 2 aliphatic rings. The number of hydrogen-bond donors (Lipinski definition) is 2. The number of Topliss-reactive ketones (excluding diaryl/α,β-unsaturated/α-hetero) is 1. The van der Waals surface area contributed by atoms with E-state index in [0.717, 1.165) is 30.3 Å². The summed E-state index contributed by atoms with van der Waals surface area (Å²) in [6.07, 6.45) is 3.03. The number of likely N-dealkylation sites (N-methyl/N-ethyl adjacent to an activating group) is 1. The summed E-state index contributed by atoms with van der Waals surface area (Å²) in [6.45, 7) is 5.73. The van der Waals surface area contributed by atoms with Crippen molar-refractivity contribution in [2.24, 2.45) is 0 Å². The first kappa shape index (κ1) is 32.2.